The quantitative estimate of drug-likeness (QED) is 0.398. The molecule has 0 aliphatic carbocycles. The van der Waals surface area contributed by atoms with Gasteiger partial charge in [-0.2, -0.15) is 0 Å². The van der Waals surface area contributed by atoms with Crippen molar-refractivity contribution in [2.75, 3.05) is 32.5 Å². The number of hydrogen-bond acceptors (Lipinski definition) is 5. The van der Waals surface area contributed by atoms with Gasteiger partial charge in [-0.05, 0) is 17.7 Å². The van der Waals surface area contributed by atoms with Crippen LogP contribution in [-0.4, -0.2) is 50.0 Å². The van der Waals surface area contributed by atoms with Gasteiger partial charge in [0.1, 0.15) is 5.84 Å². The molecule has 1 aliphatic heterocycles. The Morgan fingerprint density at radius 1 is 1.31 bits per heavy atom. The van der Waals surface area contributed by atoms with Crippen LogP contribution in [0.25, 0.3) is 5.57 Å². The van der Waals surface area contributed by atoms with Crippen molar-refractivity contribution >= 4 is 29.2 Å². The van der Waals surface area contributed by atoms with Crippen molar-refractivity contribution in [3.63, 3.8) is 0 Å². The van der Waals surface area contributed by atoms with Crippen LogP contribution in [0.1, 0.15) is 18.9 Å². The highest BCUT2D eigenvalue weighted by Gasteiger charge is 2.23. The molecule has 138 valence electrons. The van der Waals surface area contributed by atoms with Gasteiger partial charge in [0, 0.05) is 68.9 Å². The molecule has 7 heteroatoms. The molecule has 1 aromatic carbocycles. The predicted molar refractivity (Wildman–Crippen MR) is 107 cm³/mol. The number of anilines is 1. The minimum absolute atomic E-state index is 0.0141. The van der Waals surface area contributed by atoms with Gasteiger partial charge in [0.2, 0.25) is 5.91 Å². The molecule has 7 nitrogen and oxygen atoms in total. The van der Waals surface area contributed by atoms with Gasteiger partial charge in [0.05, 0.1) is 6.54 Å². The van der Waals surface area contributed by atoms with E-state index in [-0.39, 0.29) is 11.7 Å². The lowest BCUT2D eigenvalue weighted by Crippen LogP contribution is -2.40. The summed E-state index contributed by atoms with van der Waals surface area (Å²) in [6.07, 6.45) is 3.75. The number of carbonyl (C=O) groups is 1. The van der Waals surface area contributed by atoms with E-state index in [1.807, 2.05) is 31.3 Å². The molecule has 1 aromatic rings. The van der Waals surface area contributed by atoms with Gasteiger partial charge in [-0.1, -0.05) is 12.1 Å². The number of allylic oxidation sites excluding steroid dienone is 1. The molecule has 0 radical (unpaired) electrons. The molecule has 1 heterocycles. The van der Waals surface area contributed by atoms with Gasteiger partial charge in [-0.25, -0.2) is 0 Å². The monoisotopic (exact) mass is 354 g/mol. The number of amidine groups is 1. The summed E-state index contributed by atoms with van der Waals surface area (Å²) in [6, 6.07) is 7.57. The highest BCUT2D eigenvalue weighted by molar-refractivity contribution is 6.10. The fraction of sp³-hybridized carbons (Fsp3) is 0.316. The number of hydrogen-bond donors (Lipinski definition) is 5. The fourth-order valence-corrected chi connectivity index (χ4v) is 2.90. The molecule has 0 saturated carbocycles. The van der Waals surface area contributed by atoms with Gasteiger partial charge in [-0.3, -0.25) is 10.2 Å². The second-order valence-corrected chi connectivity index (χ2v) is 6.01. The number of amides is 1. The maximum atomic E-state index is 11.7. The topological polar surface area (TPSA) is 104 Å². The largest absolute Gasteiger partial charge is 0.393 e. The second-order valence-electron chi connectivity index (χ2n) is 6.01. The van der Waals surface area contributed by atoms with Crippen LogP contribution in [0.2, 0.25) is 0 Å². The Morgan fingerprint density at radius 2 is 2.08 bits per heavy atom. The van der Waals surface area contributed by atoms with Crippen molar-refractivity contribution in [3.05, 3.63) is 47.3 Å². The van der Waals surface area contributed by atoms with Crippen molar-refractivity contribution in [2.45, 2.75) is 13.3 Å². The average Bonchev–Trinajstić information content (AvgIpc) is 2.65. The highest BCUT2D eigenvalue weighted by atomic mass is 16.2. The van der Waals surface area contributed by atoms with E-state index in [2.05, 4.69) is 16.0 Å². The van der Waals surface area contributed by atoms with E-state index in [1.54, 1.807) is 25.1 Å². The Hall–Kier alpha value is -3.09. The maximum absolute atomic E-state index is 11.7. The van der Waals surface area contributed by atoms with Crippen molar-refractivity contribution in [1.29, 1.82) is 10.8 Å². The number of nitrogens with one attached hydrogen (secondary N) is 5. The number of benzene rings is 1. The Bertz CT molecular complexity index is 765. The Labute approximate surface area is 154 Å². The standard InChI is InChI=1S/C19H26N6O/c1-13(26)25-8-7-18(23-3)17(12-25)19(21)24-16-6-4-5-14(9-16)15(10-20)11-22-2/h4-6,9-11,20,22-23H,7-8,12H2,1-3H3,(H2,21,24)/b15-11+,20-10?. The van der Waals surface area contributed by atoms with Gasteiger partial charge < -0.3 is 26.3 Å². The summed E-state index contributed by atoms with van der Waals surface area (Å²) in [5.41, 5.74) is 4.16. The van der Waals surface area contributed by atoms with Gasteiger partial charge in [0.15, 0.2) is 0 Å². The predicted octanol–water partition coefficient (Wildman–Crippen LogP) is 2.01. The van der Waals surface area contributed by atoms with Crippen molar-refractivity contribution < 1.29 is 4.79 Å². The van der Waals surface area contributed by atoms with Crippen molar-refractivity contribution in [2.24, 2.45) is 0 Å². The second kappa shape index (κ2) is 8.84. The van der Waals surface area contributed by atoms with E-state index in [9.17, 15) is 4.79 Å². The van der Waals surface area contributed by atoms with E-state index >= 15 is 0 Å². The summed E-state index contributed by atoms with van der Waals surface area (Å²) in [5, 5.41) is 25.2. The SMILES string of the molecule is CN/C=C(\C=N)c1cccc(NC(=N)C2=C(NC)CCN(C(C)=O)C2)c1. The third-order valence-corrected chi connectivity index (χ3v) is 4.31. The Morgan fingerprint density at radius 3 is 2.69 bits per heavy atom. The zero-order valence-electron chi connectivity index (χ0n) is 15.4. The minimum Gasteiger partial charge on any atom is -0.393 e. The number of rotatable bonds is 6. The summed E-state index contributed by atoms with van der Waals surface area (Å²) >= 11 is 0. The molecule has 1 aliphatic rings. The summed E-state index contributed by atoms with van der Waals surface area (Å²) in [6.45, 7) is 2.63. The van der Waals surface area contributed by atoms with E-state index in [0.29, 0.717) is 19.5 Å². The van der Waals surface area contributed by atoms with Crippen LogP contribution < -0.4 is 16.0 Å². The first kappa shape index (κ1) is 19.2. The van der Waals surface area contributed by atoms with Crippen LogP contribution in [0.5, 0.6) is 0 Å². The molecule has 0 unspecified atom stereocenters. The first-order valence-corrected chi connectivity index (χ1v) is 8.49. The third kappa shape index (κ3) is 4.50. The van der Waals surface area contributed by atoms with Crippen LogP contribution in [0.3, 0.4) is 0 Å². The molecular formula is C19H26N6O. The highest BCUT2D eigenvalue weighted by Crippen LogP contribution is 2.21. The average molecular weight is 354 g/mol. The molecule has 26 heavy (non-hydrogen) atoms. The van der Waals surface area contributed by atoms with Crippen LogP contribution >= 0.6 is 0 Å². The normalized spacial score (nSPS) is 14.7. The summed E-state index contributed by atoms with van der Waals surface area (Å²) in [5.74, 6) is 0.284. The summed E-state index contributed by atoms with van der Waals surface area (Å²) in [4.78, 5) is 13.4. The fourth-order valence-electron chi connectivity index (χ4n) is 2.90. The third-order valence-electron chi connectivity index (χ3n) is 4.31. The first-order chi connectivity index (χ1) is 12.5. The minimum atomic E-state index is 0.0141. The molecule has 1 amide bonds. The number of carbonyl (C=O) groups excluding carboxylic acids is 1. The van der Waals surface area contributed by atoms with Crippen LogP contribution in [0, 0.1) is 10.8 Å². The summed E-state index contributed by atoms with van der Waals surface area (Å²) in [7, 11) is 3.63. The van der Waals surface area contributed by atoms with Gasteiger partial charge >= 0.3 is 0 Å². The first-order valence-electron chi connectivity index (χ1n) is 8.49. The van der Waals surface area contributed by atoms with Gasteiger partial charge in [-0.15, -0.1) is 0 Å². The molecule has 5 N–H and O–H groups in total. The molecule has 0 fully saturated rings. The Balaban J connectivity index is 2.23. The van der Waals surface area contributed by atoms with Crippen LogP contribution in [0.15, 0.2) is 41.7 Å². The Kier molecular flexibility index (Phi) is 6.54. The van der Waals surface area contributed by atoms with E-state index < -0.39 is 0 Å². The molecule has 0 aromatic heterocycles. The zero-order chi connectivity index (χ0) is 19.1. The molecular weight excluding hydrogens is 328 g/mol. The molecule has 0 spiro atoms. The molecule has 0 atom stereocenters. The lowest BCUT2D eigenvalue weighted by Gasteiger charge is -2.30. The van der Waals surface area contributed by atoms with Crippen molar-refractivity contribution in [3.8, 4) is 0 Å². The van der Waals surface area contributed by atoms with Crippen LogP contribution in [0.4, 0.5) is 5.69 Å². The van der Waals surface area contributed by atoms with E-state index in [0.717, 1.165) is 28.1 Å². The lowest BCUT2D eigenvalue weighted by molar-refractivity contribution is -0.128. The zero-order valence-corrected chi connectivity index (χ0v) is 15.4. The maximum Gasteiger partial charge on any atom is 0.219 e. The van der Waals surface area contributed by atoms with Gasteiger partial charge in [0.25, 0.3) is 0 Å². The van der Waals surface area contributed by atoms with Crippen LogP contribution in [-0.2, 0) is 4.79 Å². The lowest BCUT2D eigenvalue weighted by atomic mass is 10.0. The van der Waals surface area contributed by atoms with E-state index in [1.165, 1.54) is 6.21 Å². The van der Waals surface area contributed by atoms with Crippen molar-refractivity contribution in [1.82, 2.24) is 15.5 Å². The molecule has 0 saturated heterocycles. The molecule has 2 rings (SSSR count). The molecule has 0 bridgehead atoms. The van der Waals surface area contributed by atoms with E-state index in [4.69, 9.17) is 10.8 Å². The smallest absolute Gasteiger partial charge is 0.219 e. The number of nitrogens with zero attached hydrogens (tertiary/aromatic N) is 1. The summed E-state index contributed by atoms with van der Waals surface area (Å²) < 4.78 is 0.